The van der Waals surface area contributed by atoms with Crippen LogP contribution in [0.15, 0.2) is 23.1 Å². The second-order valence-corrected chi connectivity index (χ2v) is 7.68. The number of nitrogens with zero attached hydrogens (tertiary/aromatic N) is 1. The van der Waals surface area contributed by atoms with Crippen LogP contribution in [0.25, 0.3) is 5.57 Å². The zero-order valence-electron chi connectivity index (χ0n) is 13.1. The topological polar surface area (TPSA) is 46.6 Å². The standard InChI is InChI=1S/C16H17Cl2NO3S/c1-9(2)23-14-13(11-5-4-10(17)8-12(11)18)15(20)19(16(14)21)6-7-22-3/h4-5,8-9H,6-7H2,1-3H3. The number of amides is 2. The number of carbonyl (C=O) groups excluding carboxylic acids is 2. The van der Waals surface area contributed by atoms with Gasteiger partial charge in [-0.05, 0) is 12.1 Å². The Morgan fingerprint density at radius 1 is 1.22 bits per heavy atom. The van der Waals surface area contributed by atoms with Crippen LogP contribution in [-0.4, -0.2) is 42.2 Å². The number of imide groups is 1. The summed E-state index contributed by atoms with van der Waals surface area (Å²) in [5, 5.41) is 0.986. The van der Waals surface area contributed by atoms with Gasteiger partial charge in [0.1, 0.15) is 0 Å². The van der Waals surface area contributed by atoms with Gasteiger partial charge in [-0.1, -0.05) is 43.1 Å². The lowest BCUT2D eigenvalue weighted by Crippen LogP contribution is -2.34. The summed E-state index contributed by atoms with van der Waals surface area (Å²) in [6.07, 6.45) is 0. The van der Waals surface area contributed by atoms with Crippen LogP contribution in [0.4, 0.5) is 0 Å². The molecule has 1 aliphatic heterocycles. The van der Waals surface area contributed by atoms with Crippen LogP contribution in [0.2, 0.25) is 10.0 Å². The van der Waals surface area contributed by atoms with Crippen molar-refractivity contribution in [2.45, 2.75) is 19.1 Å². The minimum atomic E-state index is -0.348. The largest absolute Gasteiger partial charge is 0.383 e. The number of methoxy groups -OCH3 is 1. The molecule has 0 saturated heterocycles. The van der Waals surface area contributed by atoms with Gasteiger partial charge in [0.05, 0.1) is 28.7 Å². The molecule has 23 heavy (non-hydrogen) atoms. The summed E-state index contributed by atoms with van der Waals surface area (Å²) in [7, 11) is 1.53. The van der Waals surface area contributed by atoms with Crippen LogP contribution in [0.5, 0.6) is 0 Å². The van der Waals surface area contributed by atoms with Gasteiger partial charge in [-0.15, -0.1) is 11.8 Å². The summed E-state index contributed by atoms with van der Waals surface area (Å²) in [4.78, 5) is 27.0. The van der Waals surface area contributed by atoms with E-state index in [0.717, 1.165) is 0 Å². The molecule has 0 fully saturated rings. The summed E-state index contributed by atoms with van der Waals surface area (Å²) in [5.74, 6) is -0.647. The lowest BCUT2D eigenvalue weighted by atomic mass is 10.1. The number of hydrogen-bond donors (Lipinski definition) is 0. The molecule has 1 aromatic carbocycles. The smallest absolute Gasteiger partial charge is 0.268 e. The molecule has 0 aliphatic carbocycles. The van der Waals surface area contributed by atoms with Crippen LogP contribution in [0.1, 0.15) is 19.4 Å². The molecule has 7 heteroatoms. The lowest BCUT2D eigenvalue weighted by molar-refractivity contribution is -0.137. The maximum absolute atomic E-state index is 12.7. The molecule has 0 unspecified atom stereocenters. The summed E-state index contributed by atoms with van der Waals surface area (Å²) >= 11 is 13.5. The molecular formula is C16H17Cl2NO3S. The van der Waals surface area contributed by atoms with Gasteiger partial charge in [-0.3, -0.25) is 14.5 Å². The average molecular weight is 374 g/mol. The van der Waals surface area contributed by atoms with Crippen molar-refractivity contribution in [3.05, 3.63) is 38.7 Å². The third kappa shape index (κ3) is 3.91. The molecule has 0 atom stereocenters. The van der Waals surface area contributed by atoms with E-state index in [1.54, 1.807) is 18.2 Å². The zero-order valence-corrected chi connectivity index (χ0v) is 15.4. The number of thioether (sulfide) groups is 1. The van der Waals surface area contributed by atoms with E-state index in [4.69, 9.17) is 27.9 Å². The summed E-state index contributed by atoms with van der Waals surface area (Å²) < 4.78 is 4.98. The van der Waals surface area contributed by atoms with E-state index in [-0.39, 0.29) is 23.6 Å². The van der Waals surface area contributed by atoms with Crippen LogP contribution in [0.3, 0.4) is 0 Å². The first kappa shape index (κ1) is 18.3. The van der Waals surface area contributed by atoms with Crippen molar-refractivity contribution in [2.75, 3.05) is 20.3 Å². The minimum absolute atomic E-state index is 0.158. The monoisotopic (exact) mass is 373 g/mol. The highest BCUT2D eigenvalue weighted by Gasteiger charge is 2.39. The van der Waals surface area contributed by atoms with Crippen molar-refractivity contribution in [1.29, 1.82) is 0 Å². The molecule has 0 N–H and O–H groups in total. The predicted molar refractivity (Wildman–Crippen MR) is 94.7 cm³/mol. The Kier molecular flexibility index (Phi) is 6.14. The molecule has 1 aliphatic rings. The number of hydrogen-bond acceptors (Lipinski definition) is 4. The molecular weight excluding hydrogens is 357 g/mol. The van der Waals surface area contributed by atoms with Crippen molar-refractivity contribution >= 4 is 52.4 Å². The van der Waals surface area contributed by atoms with E-state index in [0.29, 0.717) is 32.7 Å². The molecule has 0 saturated carbocycles. The summed E-state index contributed by atoms with van der Waals surface area (Å²) in [5.41, 5.74) is 0.865. The number of benzene rings is 1. The second kappa shape index (κ2) is 7.71. The molecule has 1 heterocycles. The van der Waals surface area contributed by atoms with Crippen molar-refractivity contribution in [2.24, 2.45) is 0 Å². The highest BCUT2D eigenvalue weighted by Crippen LogP contribution is 2.40. The van der Waals surface area contributed by atoms with Crippen molar-refractivity contribution in [1.82, 2.24) is 4.90 Å². The van der Waals surface area contributed by atoms with Gasteiger partial charge in [-0.25, -0.2) is 0 Å². The fourth-order valence-electron chi connectivity index (χ4n) is 2.21. The Bertz CT molecular complexity index is 673. The molecule has 124 valence electrons. The van der Waals surface area contributed by atoms with Crippen LogP contribution >= 0.6 is 35.0 Å². The van der Waals surface area contributed by atoms with Crippen LogP contribution in [0, 0.1) is 0 Å². The first-order valence-electron chi connectivity index (χ1n) is 7.08. The number of halogens is 2. The van der Waals surface area contributed by atoms with E-state index in [1.165, 1.54) is 23.8 Å². The summed E-state index contributed by atoms with van der Waals surface area (Å²) in [6, 6.07) is 4.90. The summed E-state index contributed by atoms with van der Waals surface area (Å²) in [6.45, 7) is 4.44. The van der Waals surface area contributed by atoms with Gasteiger partial charge < -0.3 is 4.74 Å². The predicted octanol–water partition coefficient (Wildman–Crippen LogP) is 3.86. The SMILES string of the molecule is COCCN1C(=O)C(SC(C)C)=C(c2ccc(Cl)cc2Cl)C1=O. The van der Waals surface area contributed by atoms with Gasteiger partial charge in [-0.2, -0.15) is 0 Å². The third-order valence-corrected chi connectivity index (χ3v) is 4.83. The van der Waals surface area contributed by atoms with Gasteiger partial charge in [0.25, 0.3) is 11.8 Å². The number of carbonyl (C=O) groups is 2. The second-order valence-electron chi connectivity index (χ2n) is 5.25. The Morgan fingerprint density at radius 2 is 1.91 bits per heavy atom. The minimum Gasteiger partial charge on any atom is -0.383 e. The van der Waals surface area contributed by atoms with Gasteiger partial charge >= 0.3 is 0 Å². The molecule has 2 amide bonds. The third-order valence-electron chi connectivity index (χ3n) is 3.20. The van der Waals surface area contributed by atoms with Crippen molar-refractivity contribution in [3.8, 4) is 0 Å². The Balaban J connectivity index is 2.51. The van der Waals surface area contributed by atoms with Gasteiger partial charge in [0, 0.05) is 22.9 Å². The maximum atomic E-state index is 12.7. The highest BCUT2D eigenvalue weighted by atomic mass is 35.5. The van der Waals surface area contributed by atoms with Gasteiger partial charge in [0.15, 0.2) is 0 Å². The van der Waals surface area contributed by atoms with E-state index in [1.807, 2.05) is 13.8 Å². The molecule has 2 rings (SSSR count). The molecule has 0 spiro atoms. The number of ether oxygens (including phenoxy) is 1. The number of rotatable bonds is 6. The van der Waals surface area contributed by atoms with E-state index in [9.17, 15) is 9.59 Å². The Labute approximate surface area is 149 Å². The van der Waals surface area contributed by atoms with Crippen LogP contribution < -0.4 is 0 Å². The quantitative estimate of drug-likeness (QED) is 0.710. The fraction of sp³-hybridized carbons (Fsp3) is 0.375. The maximum Gasteiger partial charge on any atom is 0.268 e. The first-order valence-corrected chi connectivity index (χ1v) is 8.71. The molecule has 1 aromatic rings. The molecule has 4 nitrogen and oxygen atoms in total. The van der Waals surface area contributed by atoms with Crippen LogP contribution in [-0.2, 0) is 14.3 Å². The lowest BCUT2D eigenvalue weighted by Gasteiger charge is -2.14. The van der Waals surface area contributed by atoms with E-state index < -0.39 is 0 Å². The Morgan fingerprint density at radius 3 is 2.48 bits per heavy atom. The molecule has 0 bridgehead atoms. The van der Waals surface area contributed by atoms with E-state index in [2.05, 4.69) is 0 Å². The molecule has 0 radical (unpaired) electrons. The first-order chi connectivity index (χ1) is 10.9. The average Bonchev–Trinajstić information content (AvgIpc) is 2.69. The van der Waals surface area contributed by atoms with Gasteiger partial charge in [0.2, 0.25) is 0 Å². The fourth-order valence-corrected chi connectivity index (χ4v) is 3.71. The molecule has 0 aromatic heterocycles. The van der Waals surface area contributed by atoms with Crippen molar-refractivity contribution in [3.63, 3.8) is 0 Å². The van der Waals surface area contributed by atoms with Crippen molar-refractivity contribution < 1.29 is 14.3 Å². The zero-order chi connectivity index (χ0) is 17.1. The normalized spacial score (nSPS) is 15.3. The Hall–Kier alpha value is -1.01. The van der Waals surface area contributed by atoms with E-state index >= 15 is 0 Å². The highest BCUT2D eigenvalue weighted by molar-refractivity contribution is 8.04.